The molecular formula is C9H11NOS. The van der Waals surface area contributed by atoms with Crippen LogP contribution in [-0.4, -0.2) is 10.1 Å². The molecular weight excluding hydrogens is 170 g/mol. The fraction of sp³-hybridized carbons (Fsp3) is 0.333. The lowest BCUT2D eigenvalue weighted by atomic mass is 10.1. The number of hydrogen-bond acceptors (Lipinski definition) is 2. The Morgan fingerprint density at radius 2 is 2.08 bits per heavy atom. The number of hydrogen-bond donors (Lipinski definition) is 1. The molecule has 0 aliphatic heterocycles. The number of aromatic nitrogens is 1. The van der Waals surface area contributed by atoms with Gasteiger partial charge in [0.05, 0.1) is 0 Å². The van der Waals surface area contributed by atoms with Gasteiger partial charge in [-0.3, -0.25) is 9.78 Å². The van der Waals surface area contributed by atoms with E-state index in [1.807, 2.05) is 12.1 Å². The van der Waals surface area contributed by atoms with Crippen LogP contribution in [0.2, 0.25) is 0 Å². The lowest BCUT2D eigenvalue weighted by Gasteiger charge is -1.97. The average molecular weight is 181 g/mol. The first kappa shape index (κ1) is 9.26. The lowest BCUT2D eigenvalue weighted by molar-refractivity contribution is -0.110. The predicted molar refractivity (Wildman–Crippen MR) is 51.2 cm³/mol. The fourth-order valence-electron chi connectivity index (χ4n) is 0.993. The highest BCUT2D eigenvalue weighted by atomic mass is 32.1. The molecule has 0 bridgehead atoms. The van der Waals surface area contributed by atoms with Crippen molar-refractivity contribution in [3.63, 3.8) is 0 Å². The maximum Gasteiger partial charge on any atom is 0.185 e. The van der Waals surface area contributed by atoms with Gasteiger partial charge in [-0.15, -0.1) is 12.6 Å². The number of nitrogens with zero attached hydrogens (tertiary/aromatic N) is 1. The highest BCUT2D eigenvalue weighted by Gasteiger charge is 1.95. The minimum absolute atomic E-state index is 0.0379. The van der Waals surface area contributed by atoms with Crippen molar-refractivity contribution in [2.75, 3.05) is 0 Å². The van der Waals surface area contributed by atoms with Gasteiger partial charge in [0, 0.05) is 18.8 Å². The van der Waals surface area contributed by atoms with Crippen LogP contribution in [0.1, 0.15) is 18.4 Å². The SMILES string of the molecule is O=C(S)CCCc1ccncc1. The molecule has 12 heavy (non-hydrogen) atoms. The van der Waals surface area contributed by atoms with Crippen molar-refractivity contribution in [1.82, 2.24) is 4.98 Å². The summed E-state index contributed by atoms with van der Waals surface area (Å²) in [7, 11) is 0. The molecule has 0 aliphatic rings. The van der Waals surface area contributed by atoms with Crippen LogP contribution in [0.3, 0.4) is 0 Å². The summed E-state index contributed by atoms with van der Waals surface area (Å²) in [5, 5.41) is -0.0379. The van der Waals surface area contributed by atoms with Crippen LogP contribution in [0.5, 0.6) is 0 Å². The maximum absolute atomic E-state index is 10.5. The third-order valence-corrected chi connectivity index (χ3v) is 1.83. The molecule has 1 aromatic heterocycles. The largest absolute Gasteiger partial charge is 0.288 e. The quantitative estimate of drug-likeness (QED) is 0.718. The van der Waals surface area contributed by atoms with Gasteiger partial charge >= 0.3 is 0 Å². The Bertz CT molecular complexity index is 248. The zero-order chi connectivity index (χ0) is 8.81. The molecule has 0 fully saturated rings. The van der Waals surface area contributed by atoms with Gasteiger partial charge in [0.2, 0.25) is 0 Å². The zero-order valence-electron chi connectivity index (χ0n) is 6.73. The molecule has 2 nitrogen and oxygen atoms in total. The van der Waals surface area contributed by atoms with Crippen LogP contribution in [0, 0.1) is 0 Å². The summed E-state index contributed by atoms with van der Waals surface area (Å²) in [6, 6.07) is 3.92. The molecule has 0 radical (unpaired) electrons. The lowest BCUT2D eigenvalue weighted by Crippen LogP contribution is -1.90. The molecule has 0 N–H and O–H groups in total. The second kappa shape index (κ2) is 4.93. The molecule has 1 aromatic rings. The maximum atomic E-state index is 10.5. The van der Waals surface area contributed by atoms with Crippen molar-refractivity contribution in [2.45, 2.75) is 19.3 Å². The van der Waals surface area contributed by atoms with Gasteiger partial charge in [0.25, 0.3) is 0 Å². The second-order valence-corrected chi connectivity index (χ2v) is 3.10. The minimum Gasteiger partial charge on any atom is -0.288 e. The van der Waals surface area contributed by atoms with E-state index in [-0.39, 0.29) is 5.12 Å². The number of thiol groups is 1. The average Bonchev–Trinajstić information content (AvgIpc) is 2.05. The predicted octanol–water partition coefficient (Wildman–Crippen LogP) is 1.86. The van der Waals surface area contributed by atoms with Gasteiger partial charge in [-0.25, -0.2) is 0 Å². The monoisotopic (exact) mass is 181 g/mol. The Balaban J connectivity index is 2.29. The Labute approximate surface area is 77.4 Å². The van der Waals surface area contributed by atoms with Gasteiger partial charge in [-0.2, -0.15) is 0 Å². The Morgan fingerprint density at radius 3 is 2.67 bits per heavy atom. The van der Waals surface area contributed by atoms with Crippen molar-refractivity contribution < 1.29 is 4.79 Å². The van der Waals surface area contributed by atoms with Crippen molar-refractivity contribution in [3.8, 4) is 0 Å². The first-order chi connectivity index (χ1) is 5.79. The standard InChI is InChI=1S/C9H11NOS/c11-9(12)3-1-2-8-4-6-10-7-5-8/h4-7H,1-3H2,(H,11,12). The molecule has 0 unspecified atom stereocenters. The van der Waals surface area contributed by atoms with Crippen molar-refractivity contribution in [2.24, 2.45) is 0 Å². The summed E-state index contributed by atoms with van der Waals surface area (Å²) in [5.41, 5.74) is 1.22. The molecule has 0 spiro atoms. The van der Waals surface area contributed by atoms with E-state index in [1.165, 1.54) is 5.56 Å². The number of pyridine rings is 1. The summed E-state index contributed by atoms with van der Waals surface area (Å²) in [4.78, 5) is 14.4. The fourth-order valence-corrected chi connectivity index (χ4v) is 1.15. The minimum atomic E-state index is -0.0379. The number of carbonyl (C=O) groups is 1. The van der Waals surface area contributed by atoms with Gasteiger partial charge in [0.15, 0.2) is 5.12 Å². The van der Waals surface area contributed by atoms with Crippen LogP contribution in [-0.2, 0) is 11.2 Å². The smallest absolute Gasteiger partial charge is 0.185 e. The highest BCUT2D eigenvalue weighted by Crippen LogP contribution is 2.04. The molecule has 0 saturated heterocycles. The summed E-state index contributed by atoms with van der Waals surface area (Å²) in [6.45, 7) is 0. The Morgan fingerprint density at radius 1 is 1.42 bits per heavy atom. The molecule has 1 heterocycles. The number of carbonyl (C=O) groups excluding carboxylic acids is 1. The third kappa shape index (κ3) is 3.53. The van der Waals surface area contributed by atoms with Crippen molar-refractivity contribution >= 4 is 17.7 Å². The van der Waals surface area contributed by atoms with Gasteiger partial charge in [-0.1, -0.05) is 0 Å². The van der Waals surface area contributed by atoms with E-state index in [0.29, 0.717) is 6.42 Å². The van der Waals surface area contributed by atoms with Crippen LogP contribution in [0.4, 0.5) is 0 Å². The molecule has 0 aromatic carbocycles. The summed E-state index contributed by atoms with van der Waals surface area (Å²) in [5.74, 6) is 0. The molecule has 0 aliphatic carbocycles. The molecule has 0 saturated carbocycles. The van der Waals surface area contributed by atoms with E-state index in [9.17, 15) is 4.79 Å². The number of aryl methyl sites for hydroxylation is 1. The van der Waals surface area contributed by atoms with E-state index in [1.54, 1.807) is 12.4 Å². The second-order valence-electron chi connectivity index (χ2n) is 2.60. The summed E-state index contributed by atoms with van der Waals surface area (Å²) in [6.07, 6.45) is 5.86. The molecule has 0 amide bonds. The molecule has 64 valence electrons. The van der Waals surface area contributed by atoms with Crippen LogP contribution in [0.15, 0.2) is 24.5 Å². The number of rotatable bonds is 4. The Kier molecular flexibility index (Phi) is 3.80. The van der Waals surface area contributed by atoms with Crippen LogP contribution < -0.4 is 0 Å². The van der Waals surface area contributed by atoms with Crippen LogP contribution >= 0.6 is 12.6 Å². The summed E-state index contributed by atoms with van der Waals surface area (Å²) >= 11 is 3.69. The Hall–Kier alpha value is -0.830. The van der Waals surface area contributed by atoms with E-state index in [0.717, 1.165) is 12.8 Å². The topological polar surface area (TPSA) is 30.0 Å². The highest BCUT2D eigenvalue weighted by molar-refractivity contribution is 7.96. The molecule has 0 atom stereocenters. The zero-order valence-corrected chi connectivity index (χ0v) is 7.63. The first-order valence-corrected chi connectivity index (χ1v) is 4.34. The molecule has 1 rings (SSSR count). The van der Waals surface area contributed by atoms with E-state index < -0.39 is 0 Å². The van der Waals surface area contributed by atoms with Gasteiger partial charge < -0.3 is 0 Å². The van der Waals surface area contributed by atoms with Gasteiger partial charge in [0.1, 0.15) is 0 Å². The van der Waals surface area contributed by atoms with E-state index >= 15 is 0 Å². The van der Waals surface area contributed by atoms with Crippen LogP contribution in [0.25, 0.3) is 0 Å². The third-order valence-electron chi connectivity index (χ3n) is 1.61. The normalized spacial score (nSPS) is 9.75. The van der Waals surface area contributed by atoms with Crippen molar-refractivity contribution in [1.29, 1.82) is 0 Å². The van der Waals surface area contributed by atoms with Gasteiger partial charge in [-0.05, 0) is 30.5 Å². The first-order valence-electron chi connectivity index (χ1n) is 3.90. The summed E-state index contributed by atoms with van der Waals surface area (Å²) < 4.78 is 0. The van der Waals surface area contributed by atoms with Crippen molar-refractivity contribution in [3.05, 3.63) is 30.1 Å². The van der Waals surface area contributed by atoms with E-state index in [2.05, 4.69) is 17.6 Å². The van der Waals surface area contributed by atoms with E-state index in [4.69, 9.17) is 0 Å². The molecule has 3 heteroatoms.